The first-order chi connectivity index (χ1) is 7.60. The van der Waals surface area contributed by atoms with Crippen LogP contribution in [0.15, 0.2) is 12.1 Å². The van der Waals surface area contributed by atoms with Gasteiger partial charge in [0.15, 0.2) is 0 Å². The Labute approximate surface area is 96.0 Å². The second-order valence-electron chi connectivity index (χ2n) is 4.43. The number of fused-ring (bicyclic) bond motifs is 1. The minimum Gasteiger partial charge on any atom is -0.497 e. The molecule has 1 N–H and O–H groups in total. The molecule has 3 unspecified atom stereocenters. The highest BCUT2D eigenvalue weighted by molar-refractivity contribution is 5.52. The van der Waals surface area contributed by atoms with Crippen LogP contribution >= 0.6 is 0 Å². The Kier molecular flexibility index (Phi) is 2.80. The number of aliphatic hydroxyl groups excluding tert-OH is 1. The molecule has 0 saturated heterocycles. The number of ether oxygens (including phenoxy) is 2. The molecule has 3 nitrogen and oxygen atoms in total. The van der Waals surface area contributed by atoms with Gasteiger partial charge in [-0.3, -0.25) is 0 Å². The lowest BCUT2D eigenvalue weighted by Gasteiger charge is -2.14. The molecule has 3 atom stereocenters. The van der Waals surface area contributed by atoms with E-state index in [-0.39, 0.29) is 5.92 Å². The zero-order valence-corrected chi connectivity index (χ0v) is 10.2. The van der Waals surface area contributed by atoms with Gasteiger partial charge in [-0.15, -0.1) is 0 Å². The number of hydrogen-bond donors (Lipinski definition) is 1. The topological polar surface area (TPSA) is 38.7 Å². The van der Waals surface area contributed by atoms with Crippen LogP contribution in [0.5, 0.6) is 11.5 Å². The monoisotopic (exact) mass is 222 g/mol. The number of benzene rings is 1. The van der Waals surface area contributed by atoms with Crippen molar-refractivity contribution in [1.82, 2.24) is 0 Å². The highest BCUT2D eigenvalue weighted by Gasteiger charge is 2.36. The quantitative estimate of drug-likeness (QED) is 0.835. The average Bonchev–Trinajstić information content (AvgIpc) is 2.53. The van der Waals surface area contributed by atoms with E-state index in [1.807, 2.05) is 12.1 Å². The molecule has 0 aromatic heterocycles. The summed E-state index contributed by atoms with van der Waals surface area (Å²) in [6.45, 7) is 4.18. The van der Waals surface area contributed by atoms with Crippen LogP contribution in [-0.4, -0.2) is 19.3 Å². The Hall–Kier alpha value is -1.22. The Balaban J connectivity index is 2.59. The Morgan fingerprint density at radius 3 is 2.38 bits per heavy atom. The lowest BCUT2D eigenvalue weighted by molar-refractivity contribution is 0.123. The Bertz CT molecular complexity index is 400. The molecule has 0 bridgehead atoms. The number of aliphatic hydroxyl groups is 1. The smallest absolute Gasteiger partial charge is 0.126 e. The van der Waals surface area contributed by atoms with E-state index in [1.54, 1.807) is 14.2 Å². The molecule has 0 spiro atoms. The summed E-state index contributed by atoms with van der Waals surface area (Å²) in [5, 5.41) is 10.1. The molecule has 3 heteroatoms. The van der Waals surface area contributed by atoms with Crippen LogP contribution in [0.3, 0.4) is 0 Å². The highest BCUT2D eigenvalue weighted by atomic mass is 16.5. The standard InChI is InChI=1S/C13H18O3/c1-7-8(2)13(14)10-5-9(15-3)6-11(16-4)12(7)10/h5-8,13-14H,1-4H3. The van der Waals surface area contributed by atoms with Gasteiger partial charge in [0, 0.05) is 11.6 Å². The van der Waals surface area contributed by atoms with Crippen LogP contribution in [0, 0.1) is 5.92 Å². The molecule has 88 valence electrons. The van der Waals surface area contributed by atoms with Crippen molar-refractivity contribution in [3.8, 4) is 11.5 Å². The van der Waals surface area contributed by atoms with Gasteiger partial charge >= 0.3 is 0 Å². The van der Waals surface area contributed by atoms with Crippen molar-refractivity contribution < 1.29 is 14.6 Å². The first-order valence-corrected chi connectivity index (χ1v) is 5.54. The summed E-state index contributed by atoms with van der Waals surface area (Å²) in [5.41, 5.74) is 2.06. The van der Waals surface area contributed by atoms with E-state index in [0.717, 1.165) is 22.6 Å². The molecule has 0 heterocycles. The molecule has 0 amide bonds. The second-order valence-corrected chi connectivity index (χ2v) is 4.43. The summed E-state index contributed by atoms with van der Waals surface area (Å²) in [5.74, 6) is 2.07. The van der Waals surface area contributed by atoms with E-state index >= 15 is 0 Å². The normalized spacial score (nSPS) is 27.7. The summed E-state index contributed by atoms with van der Waals surface area (Å²) in [6, 6.07) is 3.78. The first-order valence-electron chi connectivity index (χ1n) is 5.54. The summed E-state index contributed by atoms with van der Waals surface area (Å²) in [7, 11) is 3.27. The summed E-state index contributed by atoms with van der Waals surface area (Å²) in [4.78, 5) is 0. The molecule has 0 fully saturated rings. The zero-order valence-electron chi connectivity index (χ0n) is 10.2. The van der Waals surface area contributed by atoms with E-state index in [0.29, 0.717) is 5.92 Å². The fourth-order valence-corrected chi connectivity index (χ4v) is 2.46. The lowest BCUT2D eigenvalue weighted by atomic mass is 9.95. The zero-order chi connectivity index (χ0) is 11.9. The number of methoxy groups -OCH3 is 2. The van der Waals surface area contributed by atoms with E-state index < -0.39 is 6.10 Å². The number of rotatable bonds is 2. The average molecular weight is 222 g/mol. The van der Waals surface area contributed by atoms with Gasteiger partial charge in [-0.1, -0.05) is 13.8 Å². The predicted molar refractivity (Wildman–Crippen MR) is 62.1 cm³/mol. The van der Waals surface area contributed by atoms with Crippen molar-refractivity contribution >= 4 is 0 Å². The lowest BCUT2D eigenvalue weighted by Crippen LogP contribution is -2.04. The van der Waals surface area contributed by atoms with Gasteiger partial charge in [-0.2, -0.15) is 0 Å². The van der Waals surface area contributed by atoms with E-state index in [4.69, 9.17) is 9.47 Å². The Morgan fingerprint density at radius 2 is 1.81 bits per heavy atom. The number of hydrogen-bond acceptors (Lipinski definition) is 3. The maximum Gasteiger partial charge on any atom is 0.126 e. The van der Waals surface area contributed by atoms with Crippen molar-refractivity contribution in [3.63, 3.8) is 0 Å². The van der Waals surface area contributed by atoms with Crippen LogP contribution in [0.1, 0.15) is 37.0 Å². The molecule has 2 rings (SSSR count). The first kappa shape index (κ1) is 11.3. The van der Waals surface area contributed by atoms with Crippen LogP contribution in [-0.2, 0) is 0 Å². The molecule has 0 radical (unpaired) electrons. The highest BCUT2D eigenvalue weighted by Crippen LogP contribution is 2.49. The van der Waals surface area contributed by atoms with Gasteiger partial charge in [0.05, 0.1) is 20.3 Å². The molecule has 1 aliphatic rings. The van der Waals surface area contributed by atoms with Crippen LogP contribution in [0.25, 0.3) is 0 Å². The summed E-state index contributed by atoms with van der Waals surface area (Å²) >= 11 is 0. The molecule has 1 aromatic rings. The van der Waals surface area contributed by atoms with Crippen LogP contribution in [0.2, 0.25) is 0 Å². The third kappa shape index (κ3) is 1.47. The largest absolute Gasteiger partial charge is 0.497 e. The van der Waals surface area contributed by atoms with Gasteiger partial charge in [0.2, 0.25) is 0 Å². The summed E-state index contributed by atoms with van der Waals surface area (Å²) in [6.07, 6.45) is -0.422. The van der Waals surface area contributed by atoms with E-state index in [2.05, 4.69) is 13.8 Å². The molecule has 16 heavy (non-hydrogen) atoms. The van der Waals surface area contributed by atoms with Gasteiger partial charge in [0.25, 0.3) is 0 Å². The van der Waals surface area contributed by atoms with Crippen molar-refractivity contribution in [2.45, 2.75) is 25.9 Å². The molecule has 1 aliphatic carbocycles. The Morgan fingerprint density at radius 1 is 1.12 bits per heavy atom. The van der Waals surface area contributed by atoms with Gasteiger partial charge < -0.3 is 14.6 Å². The van der Waals surface area contributed by atoms with Crippen molar-refractivity contribution in [3.05, 3.63) is 23.3 Å². The minimum absolute atomic E-state index is 0.219. The molecule has 1 aromatic carbocycles. The SMILES string of the molecule is COc1cc(OC)c2c(c1)C(O)C(C)C2C. The van der Waals surface area contributed by atoms with Gasteiger partial charge in [-0.05, 0) is 23.5 Å². The van der Waals surface area contributed by atoms with Gasteiger partial charge in [-0.25, -0.2) is 0 Å². The predicted octanol–water partition coefficient (Wildman–Crippen LogP) is 2.49. The minimum atomic E-state index is -0.422. The van der Waals surface area contributed by atoms with Gasteiger partial charge in [0.1, 0.15) is 11.5 Å². The van der Waals surface area contributed by atoms with Crippen LogP contribution < -0.4 is 9.47 Å². The van der Waals surface area contributed by atoms with Crippen molar-refractivity contribution in [2.24, 2.45) is 5.92 Å². The maximum absolute atomic E-state index is 10.1. The fourth-order valence-electron chi connectivity index (χ4n) is 2.46. The summed E-state index contributed by atoms with van der Waals surface area (Å²) < 4.78 is 10.6. The van der Waals surface area contributed by atoms with E-state index in [1.165, 1.54) is 0 Å². The molecular formula is C13H18O3. The second kappa shape index (κ2) is 3.98. The third-order valence-corrected chi connectivity index (χ3v) is 3.66. The van der Waals surface area contributed by atoms with E-state index in [9.17, 15) is 5.11 Å². The molecular weight excluding hydrogens is 204 g/mol. The molecule has 0 saturated carbocycles. The third-order valence-electron chi connectivity index (χ3n) is 3.66. The van der Waals surface area contributed by atoms with Crippen molar-refractivity contribution in [1.29, 1.82) is 0 Å². The maximum atomic E-state index is 10.1. The fraction of sp³-hybridized carbons (Fsp3) is 0.538. The van der Waals surface area contributed by atoms with Crippen LogP contribution in [0.4, 0.5) is 0 Å². The molecule has 0 aliphatic heterocycles. The van der Waals surface area contributed by atoms with Crippen molar-refractivity contribution in [2.75, 3.05) is 14.2 Å².